The van der Waals surface area contributed by atoms with Crippen molar-refractivity contribution < 1.29 is 17.9 Å². The van der Waals surface area contributed by atoms with E-state index in [0.717, 1.165) is 15.8 Å². The zero-order valence-electron chi connectivity index (χ0n) is 15.3. The molecule has 1 heterocycles. The first-order valence-corrected chi connectivity index (χ1v) is 10.9. The van der Waals surface area contributed by atoms with E-state index < -0.39 is 21.5 Å². The molecule has 0 spiro atoms. The van der Waals surface area contributed by atoms with E-state index in [2.05, 4.69) is 4.99 Å². The van der Waals surface area contributed by atoms with Crippen LogP contribution in [0.2, 0.25) is 0 Å². The largest absolute Gasteiger partial charge is 0.497 e. The molecule has 2 aromatic carbocycles. The average molecular weight is 405 g/mol. The molecule has 0 bridgehead atoms. The molecule has 0 N–H and O–H groups in total. The number of amides is 1. The summed E-state index contributed by atoms with van der Waals surface area (Å²) in [6.45, 7) is 4.43. The number of hydrogen-bond donors (Lipinski definition) is 0. The summed E-state index contributed by atoms with van der Waals surface area (Å²) in [5, 5.41) is 0. The first-order chi connectivity index (χ1) is 12.8. The third-order valence-electron chi connectivity index (χ3n) is 4.12. The number of rotatable bonds is 5. The lowest BCUT2D eigenvalue weighted by atomic mass is 10.2. The normalized spacial score (nSPS) is 12.5. The van der Waals surface area contributed by atoms with Crippen LogP contribution < -0.4 is 9.54 Å². The summed E-state index contributed by atoms with van der Waals surface area (Å²) in [6.07, 6.45) is 0. The Labute approximate surface area is 161 Å². The maximum atomic E-state index is 12.5. The standard InChI is InChI=1S/C19H20N2O4S2/c1-4-21-16-10-7-14(25-3)11-17(16)26-19(21)20-18(22)12-27(23,24)15-8-5-13(2)6-9-15/h5-11H,4,12H2,1-3H3. The highest BCUT2D eigenvalue weighted by molar-refractivity contribution is 7.92. The van der Waals surface area contributed by atoms with Crippen molar-refractivity contribution >= 4 is 37.3 Å². The van der Waals surface area contributed by atoms with E-state index >= 15 is 0 Å². The lowest BCUT2D eigenvalue weighted by Gasteiger charge is -2.03. The van der Waals surface area contributed by atoms with Crippen LogP contribution in [0.5, 0.6) is 5.75 Å². The molecule has 27 heavy (non-hydrogen) atoms. The van der Waals surface area contributed by atoms with Crippen molar-refractivity contribution in [2.75, 3.05) is 12.9 Å². The van der Waals surface area contributed by atoms with Crippen molar-refractivity contribution in [3.63, 3.8) is 0 Å². The van der Waals surface area contributed by atoms with Crippen LogP contribution in [0, 0.1) is 6.92 Å². The summed E-state index contributed by atoms with van der Waals surface area (Å²) in [5.41, 5.74) is 1.88. The van der Waals surface area contributed by atoms with Crippen LogP contribution in [-0.2, 0) is 21.2 Å². The monoisotopic (exact) mass is 404 g/mol. The Morgan fingerprint density at radius 3 is 2.52 bits per heavy atom. The third-order valence-corrected chi connectivity index (χ3v) is 6.78. The van der Waals surface area contributed by atoms with Gasteiger partial charge in [0.25, 0.3) is 5.91 Å². The highest BCUT2D eigenvalue weighted by Gasteiger charge is 2.19. The van der Waals surface area contributed by atoms with Gasteiger partial charge < -0.3 is 9.30 Å². The Morgan fingerprint density at radius 1 is 1.19 bits per heavy atom. The molecule has 0 aliphatic carbocycles. The van der Waals surface area contributed by atoms with E-state index in [4.69, 9.17) is 4.74 Å². The van der Waals surface area contributed by atoms with Gasteiger partial charge in [0.15, 0.2) is 14.6 Å². The van der Waals surface area contributed by atoms with Crippen molar-refractivity contribution in [2.45, 2.75) is 25.3 Å². The predicted molar refractivity (Wildman–Crippen MR) is 106 cm³/mol. The van der Waals surface area contributed by atoms with Gasteiger partial charge in [-0.1, -0.05) is 29.0 Å². The van der Waals surface area contributed by atoms with Gasteiger partial charge in [0, 0.05) is 6.54 Å². The summed E-state index contributed by atoms with van der Waals surface area (Å²) in [5.74, 6) is -0.625. The van der Waals surface area contributed by atoms with Gasteiger partial charge in [-0.3, -0.25) is 4.79 Å². The Balaban J connectivity index is 1.96. The van der Waals surface area contributed by atoms with Crippen LogP contribution in [0.4, 0.5) is 0 Å². The fourth-order valence-electron chi connectivity index (χ4n) is 2.70. The second-order valence-electron chi connectivity index (χ2n) is 6.04. The van der Waals surface area contributed by atoms with Gasteiger partial charge >= 0.3 is 0 Å². The molecule has 0 fully saturated rings. The molecule has 1 aromatic heterocycles. The number of hydrogen-bond acceptors (Lipinski definition) is 5. The minimum atomic E-state index is -3.72. The number of carbonyl (C=O) groups is 1. The summed E-state index contributed by atoms with van der Waals surface area (Å²) < 4.78 is 32.9. The average Bonchev–Trinajstić information content (AvgIpc) is 2.97. The van der Waals surface area contributed by atoms with Crippen LogP contribution in [0.25, 0.3) is 10.2 Å². The van der Waals surface area contributed by atoms with Crippen molar-refractivity contribution in [3.05, 3.63) is 52.8 Å². The lowest BCUT2D eigenvalue weighted by molar-refractivity contribution is -0.115. The number of methoxy groups -OCH3 is 1. The quantitative estimate of drug-likeness (QED) is 0.655. The van der Waals surface area contributed by atoms with Crippen molar-refractivity contribution in [1.29, 1.82) is 0 Å². The van der Waals surface area contributed by atoms with Crippen LogP contribution in [-0.4, -0.2) is 31.8 Å². The van der Waals surface area contributed by atoms with Crippen LogP contribution in [0.3, 0.4) is 0 Å². The topological polar surface area (TPSA) is 77.7 Å². The predicted octanol–water partition coefficient (Wildman–Crippen LogP) is 2.94. The van der Waals surface area contributed by atoms with Crippen LogP contribution >= 0.6 is 11.3 Å². The van der Waals surface area contributed by atoms with E-state index in [0.29, 0.717) is 17.1 Å². The molecule has 8 heteroatoms. The molecule has 0 saturated heterocycles. The second-order valence-corrected chi connectivity index (χ2v) is 9.04. The summed E-state index contributed by atoms with van der Waals surface area (Å²) in [7, 11) is -2.13. The molecule has 3 rings (SSSR count). The third kappa shape index (κ3) is 4.12. The Bertz CT molecular complexity index is 1160. The molecule has 0 aliphatic rings. The van der Waals surface area contributed by atoms with E-state index in [1.165, 1.54) is 23.5 Å². The number of aryl methyl sites for hydroxylation is 2. The molecule has 0 unspecified atom stereocenters. The molecule has 0 saturated carbocycles. The number of aromatic nitrogens is 1. The van der Waals surface area contributed by atoms with E-state index in [1.807, 2.05) is 36.6 Å². The molecule has 0 atom stereocenters. The molecule has 142 valence electrons. The summed E-state index contributed by atoms with van der Waals surface area (Å²) in [6, 6.07) is 12.1. The molecule has 1 amide bonds. The maximum absolute atomic E-state index is 12.5. The number of carbonyl (C=O) groups excluding carboxylic acids is 1. The van der Waals surface area contributed by atoms with Crippen LogP contribution in [0.1, 0.15) is 12.5 Å². The fraction of sp³-hybridized carbons (Fsp3) is 0.263. The summed E-state index contributed by atoms with van der Waals surface area (Å²) in [4.78, 5) is 17.0. The first-order valence-electron chi connectivity index (χ1n) is 8.38. The molecule has 0 aliphatic heterocycles. The number of sulfone groups is 1. The van der Waals surface area contributed by atoms with Gasteiger partial charge in [-0.2, -0.15) is 4.99 Å². The van der Waals surface area contributed by atoms with Gasteiger partial charge in [0.1, 0.15) is 11.5 Å². The van der Waals surface area contributed by atoms with Crippen molar-refractivity contribution in [2.24, 2.45) is 4.99 Å². The number of nitrogens with zero attached hydrogens (tertiary/aromatic N) is 2. The Morgan fingerprint density at radius 2 is 1.89 bits per heavy atom. The van der Waals surface area contributed by atoms with Gasteiger partial charge in [0.2, 0.25) is 0 Å². The highest BCUT2D eigenvalue weighted by Crippen LogP contribution is 2.23. The van der Waals surface area contributed by atoms with Gasteiger partial charge in [-0.25, -0.2) is 8.42 Å². The smallest absolute Gasteiger partial charge is 0.263 e. The van der Waals surface area contributed by atoms with Crippen molar-refractivity contribution in [1.82, 2.24) is 4.57 Å². The number of fused-ring (bicyclic) bond motifs is 1. The van der Waals surface area contributed by atoms with Crippen molar-refractivity contribution in [3.8, 4) is 5.75 Å². The zero-order chi connectivity index (χ0) is 19.6. The zero-order valence-corrected chi connectivity index (χ0v) is 16.9. The number of ether oxygens (including phenoxy) is 1. The second kappa shape index (κ2) is 7.66. The first kappa shape index (κ1) is 19.3. The van der Waals surface area contributed by atoms with E-state index in [-0.39, 0.29) is 4.90 Å². The number of thiazole rings is 1. The van der Waals surface area contributed by atoms with Crippen LogP contribution in [0.15, 0.2) is 52.4 Å². The fourth-order valence-corrected chi connectivity index (χ4v) is 4.95. The minimum absolute atomic E-state index is 0.126. The lowest BCUT2D eigenvalue weighted by Crippen LogP contribution is -2.20. The van der Waals surface area contributed by atoms with Gasteiger partial charge in [-0.05, 0) is 44.2 Å². The van der Waals surface area contributed by atoms with E-state index in [9.17, 15) is 13.2 Å². The molecule has 6 nitrogen and oxygen atoms in total. The Hall–Kier alpha value is -2.45. The molecular weight excluding hydrogens is 384 g/mol. The minimum Gasteiger partial charge on any atom is -0.497 e. The maximum Gasteiger partial charge on any atom is 0.263 e. The van der Waals surface area contributed by atoms with Gasteiger partial charge in [0.05, 0.1) is 22.2 Å². The molecule has 0 radical (unpaired) electrons. The highest BCUT2D eigenvalue weighted by atomic mass is 32.2. The molecular formula is C19H20N2O4S2. The summed E-state index contributed by atoms with van der Waals surface area (Å²) >= 11 is 1.33. The Kier molecular flexibility index (Phi) is 5.48. The SMILES string of the molecule is CCn1c(=NC(=O)CS(=O)(=O)c2ccc(C)cc2)sc2cc(OC)ccc21. The van der Waals surface area contributed by atoms with E-state index in [1.54, 1.807) is 19.2 Å². The molecule has 3 aromatic rings. The number of benzene rings is 2. The van der Waals surface area contributed by atoms with Gasteiger partial charge in [-0.15, -0.1) is 0 Å².